The van der Waals surface area contributed by atoms with E-state index < -0.39 is 30.1 Å². The molecule has 1 aromatic rings. The van der Waals surface area contributed by atoms with Gasteiger partial charge in [0.15, 0.2) is 11.9 Å². The molecule has 0 aliphatic carbocycles. The van der Waals surface area contributed by atoms with E-state index in [2.05, 4.69) is 0 Å². The Balaban J connectivity index is 1.47. The fourth-order valence-corrected chi connectivity index (χ4v) is 3.94. The maximum Gasteiger partial charge on any atom is 0.416 e. The third-order valence-electron chi connectivity index (χ3n) is 6.16. The monoisotopic (exact) mass is 501 g/mol. The highest BCUT2D eigenvalue weighted by atomic mass is 16.6. The van der Waals surface area contributed by atoms with Crippen molar-refractivity contribution in [3.63, 3.8) is 0 Å². The molecule has 2 amide bonds. The summed E-state index contributed by atoms with van der Waals surface area (Å²) >= 11 is 0. The van der Waals surface area contributed by atoms with Gasteiger partial charge in [-0.2, -0.15) is 0 Å². The van der Waals surface area contributed by atoms with Crippen molar-refractivity contribution in [2.45, 2.75) is 52.0 Å². The van der Waals surface area contributed by atoms with E-state index >= 15 is 0 Å². The number of carbonyl (C=O) groups is 3. The summed E-state index contributed by atoms with van der Waals surface area (Å²) in [4.78, 5) is 38.8. The average molecular weight is 502 g/mol. The number of imide groups is 1. The van der Waals surface area contributed by atoms with E-state index in [9.17, 15) is 19.5 Å². The molecule has 1 N–H and O–H groups in total. The van der Waals surface area contributed by atoms with Gasteiger partial charge in [-0.05, 0) is 43.1 Å². The molecule has 3 rings (SSSR count). The number of aliphatic hydroxyl groups is 1. The normalized spacial score (nSPS) is 22.6. The van der Waals surface area contributed by atoms with Gasteiger partial charge in [-0.3, -0.25) is 9.59 Å². The summed E-state index contributed by atoms with van der Waals surface area (Å²) in [5.74, 6) is -1.20. The maximum atomic E-state index is 13.1. The zero-order chi connectivity index (χ0) is 26.1. The van der Waals surface area contributed by atoms with Crippen molar-refractivity contribution in [3.8, 4) is 0 Å². The van der Waals surface area contributed by atoms with Crippen molar-refractivity contribution in [1.82, 2.24) is 4.90 Å². The fourth-order valence-electron chi connectivity index (χ4n) is 3.94. The van der Waals surface area contributed by atoms with Crippen LogP contribution in [0.2, 0.25) is 0 Å². The minimum atomic E-state index is -1.03. The second-order valence-electron chi connectivity index (χ2n) is 9.23. The van der Waals surface area contributed by atoms with Crippen LogP contribution in [-0.2, 0) is 35.1 Å². The maximum absolute atomic E-state index is 13.1. The summed E-state index contributed by atoms with van der Waals surface area (Å²) in [5.41, 5.74) is 1.01. The highest BCUT2D eigenvalue weighted by Crippen LogP contribution is 2.26. The Labute approximate surface area is 211 Å². The van der Waals surface area contributed by atoms with Gasteiger partial charge in [-0.1, -0.05) is 44.2 Å². The molecular formula is C27H35NO8. The lowest BCUT2D eigenvalue weighted by molar-refractivity contribution is -0.143. The Morgan fingerprint density at radius 1 is 1.19 bits per heavy atom. The van der Waals surface area contributed by atoms with Crippen LogP contribution in [0.25, 0.3) is 0 Å². The predicted octanol–water partition coefficient (Wildman–Crippen LogP) is 3.02. The van der Waals surface area contributed by atoms with Crippen molar-refractivity contribution >= 4 is 17.8 Å². The van der Waals surface area contributed by atoms with Gasteiger partial charge in [0.1, 0.15) is 18.5 Å². The van der Waals surface area contributed by atoms with E-state index in [1.54, 1.807) is 19.1 Å². The third kappa shape index (κ3) is 7.25. The first-order chi connectivity index (χ1) is 17.3. The first-order valence-electron chi connectivity index (χ1n) is 12.2. The number of cyclic esters (lactones) is 1. The number of ether oxygens (including phenoxy) is 4. The van der Waals surface area contributed by atoms with Crippen molar-refractivity contribution in [2.24, 2.45) is 11.8 Å². The number of ketones is 1. The van der Waals surface area contributed by atoms with Crippen LogP contribution in [0.1, 0.15) is 32.8 Å². The molecule has 2 aliphatic heterocycles. The summed E-state index contributed by atoms with van der Waals surface area (Å²) in [6, 6.07) is 9.31. The number of hydrogen-bond acceptors (Lipinski definition) is 8. The quantitative estimate of drug-likeness (QED) is 0.435. The lowest BCUT2D eigenvalue weighted by Gasteiger charge is -2.30. The molecule has 9 heteroatoms. The molecule has 1 aromatic carbocycles. The van der Waals surface area contributed by atoms with Crippen LogP contribution in [0.3, 0.4) is 0 Å². The molecule has 4 atom stereocenters. The number of benzene rings is 1. The smallest absolute Gasteiger partial charge is 0.416 e. The minimum Gasteiger partial charge on any atom is -0.482 e. The molecule has 0 spiro atoms. The highest BCUT2D eigenvalue weighted by Gasteiger charge is 2.44. The molecule has 196 valence electrons. The van der Waals surface area contributed by atoms with Gasteiger partial charge in [0.2, 0.25) is 5.91 Å². The van der Waals surface area contributed by atoms with Crippen LogP contribution < -0.4 is 0 Å². The van der Waals surface area contributed by atoms with Crippen molar-refractivity contribution in [2.75, 3.05) is 26.4 Å². The molecule has 2 heterocycles. The van der Waals surface area contributed by atoms with Gasteiger partial charge in [0.25, 0.3) is 0 Å². The minimum absolute atomic E-state index is 0.0279. The van der Waals surface area contributed by atoms with E-state index in [1.165, 1.54) is 6.08 Å². The van der Waals surface area contributed by atoms with Crippen molar-refractivity contribution in [1.29, 1.82) is 0 Å². The lowest BCUT2D eigenvalue weighted by atomic mass is 9.95. The molecule has 0 unspecified atom stereocenters. The highest BCUT2D eigenvalue weighted by molar-refractivity contribution is 6.01. The fraction of sp³-hybridized carbons (Fsp3) is 0.519. The Morgan fingerprint density at radius 2 is 1.94 bits per heavy atom. The van der Waals surface area contributed by atoms with Gasteiger partial charge in [-0.15, -0.1) is 0 Å². The van der Waals surface area contributed by atoms with Gasteiger partial charge < -0.3 is 24.1 Å². The predicted molar refractivity (Wildman–Crippen MR) is 131 cm³/mol. The Kier molecular flexibility index (Phi) is 10.2. The van der Waals surface area contributed by atoms with E-state index in [0.29, 0.717) is 25.4 Å². The van der Waals surface area contributed by atoms with Crippen LogP contribution in [0.4, 0.5) is 4.79 Å². The zero-order valence-electron chi connectivity index (χ0n) is 21.0. The summed E-state index contributed by atoms with van der Waals surface area (Å²) in [6.07, 6.45) is 3.04. The molecule has 0 bridgehead atoms. The zero-order valence-corrected chi connectivity index (χ0v) is 21.0. The van der Waals surface area contributed by atoms with Crippen LogP contribution in [0, 0.1) is 11.8 Å². The summed E-state index contributed by atoms with van der Waals surface area (Å²) in [6.45, 7) is 6.36. The van der Waals surface area contributed by atoms with Crippen molar-refractivity contribution in [3.05, 3.63) is 59.9 Å². The lowest BCUT2D eigenvalue weighted by Crippen LogP contribution is -2.48. The van der Waals surface area contributed by atoms with Crippen LogP contribution in [-0.4, -0.2) is 72.5 Å². The average Bonchev–Trinajstić information content (AvgIpc) is 3.28. The van der Waals surface area contributed by atoms with Crippen LogP contribution in [0.5, 0.6) is 0 Å². The number of hydrogen-bond donors (Lipinski definition) is 1. The molecule has 0 saturated carbocycles. The van der Waals surface area contributed by atoms with Gasteiger partial charge in [0.05, 0.1) is 38.4 Å². The topological polar surface area (TPSA) is 112 Å². The molecule has 1 fully saturated rings. The largest absolute Gasteiger partial charge is 0.482 e. The van der Waals surface area contributed by atoms with Crippen molar-refractivity contribution < 1.29 is 38.4 Å². The molecule has 2 aliphatic rings. The number of amides is 2. The number of rotatable bonds is 12. The first kappa shape index (κ1) is 27.6. The molecule has 0 radical (unpaired) electrons. The summed E-state index contributed by atoms with van der Waals surface area (Å²) in [7, 11) is 0. The second-order valence-corrected chi connectivity index (χ2v) is 9.23. The van der Waals surface area contributed by atoms with Crippen LogP contribution >= 0.6 is 0 Å². The van der Waals surface area contributed by atoms with E-state index in [1.807, 2.05) is 44.2 Å². The Morgan fingerprint density at radius 3 is 2.64 bits per heavy atom. The number of carbonyl (C=O) groups excluding carboxylic acids is 3. The Hall–Kier alpha value is -3.01. The third-order valence-corrected chi connectivity index (χ3v) is 6.16. The number of allylic oxidation sites excluding steroid dienone is 1. The van der Waals surface area contributed by atoms with Gasteiger partial charge in [-0.25, -0.2) is 9.69 Å². The SMILES string of the molecule is CC(C)[C@@H]1COC(=O)N1C(=O)[C@H](C)[C@@H]1OC(=CCCOC[C@@H](CO)OCc2ccccc2)C=CC1=O. The Bertz CT molecular complexity index is 958. The first-order valence-corrected chi connectivity index (χ1v) is 12.2. The summed E-state index contributed by atoms with van der Waals surface area (Å²) < 4.78 is 22.2. The standard InChI is InChI=1S/C27H35NO8/c1-18(2)23-17-35-27(32)28(23)26(31)19(3)25-24(30)12-11-21(36-25)10-7-13-33-16-22(14-29)34-15-20-8-5-4-6-9-20/h4-6,8-12,18-19,22-23,25,29H,7,13-17H2,1-3H3/t19-,22-,23+,25+/m1/s1. The van der Waals surface area contributed by atoms with E-state index in [-0.39, 0.29) is 37.6 Å². The second kappa shape index (κ2) is 13.3. The molecule has 9 nitrogen and oxygen atoms in total. The number of aliphatic hydroxyl groups excluding tert-OH is 1. The molecular weight excluding hydrogens is 466 g/mol. The van der Waals surface area contributed by atoms with E-state index in [4.69, 9.17) is 18.9 Å². The molecule has 0 aromatic heterocycles. The number of nitrogens with zero attached hydrogens (tertiary/aromatic N) is 1. The van der Waals surface area contributed by atoms with E-state index in [0.717, 1.165) is 10.5 Å². The van der Waals surface area contributed by atoms with Gasteiger partial charge >= 0.3 is 6.09 Å². The van der Waals surface area contributed by atoms with Gasteiger partial charge in [0, 0.05) is 0 Å². The molecule has 1 saturated heterocycles. The van der Waals surface area contributed by atoms with Crippen LogP contribution in [0.15, 0.2) is 54.3 Å². The molecule has 36 heavy (non-hydrogen) atoms. The summed E-state index contributed by atoms with van der Waals surface area (Å²) in [5, 5.41) is 9.52.